The van der Waals surface area contributed by atoms with Crippen LogP contribution >= 0.6 is 0 Å². The smallest absolute Gasteiger partial charge is 0.254 e. The monoisotopic (exact) mass is 314 g/mol. The van der Waals surface area contributed by atoms with Gasteiger partial charge in [0, 0.05) is 17.8 Å². The van der Waals surface area contributed by atoms with Crippen LogP contribution in [0, 0.1) is 0 Å². The molecule has 1 aromatic rings. The van der Waals surface area contributed by atoms with E-state index in [1.165, 1.54) is 12.5 Å². The van der Waals surface area contributed by atoms with Gasteiger partial charge in [-0.1, -0.05) is 25.5 Å². The van der Waals surface area contributed by atoms with Gasteiger partial charge in [0.25, 0.3) is 5.91 Å². The molecule has 0 bridgehead atoms. The summed E-state index contributed by atoms with van der Waals surface area (Å²) < 4.78 is 5.83. The van der Waals surface area contributed by atoms with Crippen LogP contribution < -0.4 is 5.32 Å². The van der Waals surface area contributed by atoms with Crippen LogP contribution in [0.1, 0.15) is 36.0 Å². The standard InChI is InChI=1S/C18H22N2O3/c1-2-17(21)19-14-7-5-6-13(12-14)18(22)20-10-11-23-16-9-4-3-8-15(16)20/h2,5-7,12,15-16H,1,3-4,8-11H2,(H,19,21). The first-order valence-electron chi connectivity index (χ1n) is 8.15. The van der Waals surface area contributed by atoms with Crippen LogP contribution in [-0.2, 0) is 9.53 Å². The number of hydrogen-bond donors (Lipinski definition) is 1. The number of amides is 2. The molecular formula is C18H22N2O3. The lowest BCUT2D eigenvalue weighted by atomic mass is 9.89. The van der Waals surface area contributed by atoms with Crippen LogP contribution in [0.4, 0.5) is 5.69 Å². The maximum Gasteiger partial charge on any atom is 0.254 e. The van der Waals surface area contributed by atoms with E-state index in [2.05, 4.69) is 11.9 Å². The van der Waals surface area contributed by atoms with Crippen LogP contribution in [0.25, 0.3) is 0 Å². The molecule has 122 valence electrons. The maximum atomic E-state index is 12.9. The third-order valence-electron chi connectivity index (χ3n) is 4.56. The molecule has 5 nitrogen and oxygen atoms in total. The van der Waals surface area contributed by atoms with Crippen LogP contribution in [0.15, 0.2) is 36.9 Å². The maximum absolute atomic E-state index is 12.9. The summed E-state index contributed by atoms with van der Waals surface area (Å²) in [6.45, 7) is 4.66. The van der Waals surface area contributed by atoms with E-state index in [0.29, 0.717) is 24.4 Å². The second-order valence-electron chi connectivity index (χ2n) is 6.03. The Morgan fingerprint density at radius 1 is 1.30 bits per heavy atom. The summed E-state index contributed by atoms with van der Waals surface area (Å²) in [7, 11) is 0. The number of nitrogens with one attached hydrogen (secondary N) is 1. The molecular weight excluding hydrogens is 292 g/mol. The predicted molar refractivity (Wildman–Crippen MR) is 88.3 cm³/mol. The lowest BCUT2D eigenvalue weighted by Gasteiger charge is -2.43. The van der Waals surface area contributed by atoms with Crippen LogP contribution in [0.2, 0.25) is 0 Å². The molecule has 0 radical (unpaired) electrons. The van der Waals surface area contributed by atoms with E-state index < -0.39 is 0 Å². The van der Waals surface area contributed by atoms with E-state index in [9.17, 15) is 9.59 Å². The average Bonchev–Trinajstić information content (AvgIpc) is 2.60. The minimum atomic E-state index is -0.284. The largest absolute Gasteiger partial charge is 0.374 e. The molecule has 1 aliphatic carbocycles. The molecule has 2 fully saturated rings. The summed E-state index contributed by atoms with van der Waals surface area (Å²) in [6.07, 6.45) is 5.73. The minimum absolute atomic E-state index is 0.0138. The lowest BCUT2D eigenvalue weighted by Crippen LogP contribution is -2.54. The predicted octanol–water partition coefficient (Wildman–Crippen LogP) is 2.59. The molecule has 1 N–H and O–H groups in total. The normalized spacial score (nSPS) is 23.7. The van der Waals surface area contributed by atoms with Gasteiger partial charge in [0.05, 0.1) is 18.8 Å². The highest BCUT2D eigenvalue weighted by atomic mass is 16.5. The molecule has 1 saturated carbocycles. The summed E-state index contributed by atoms with van der Waals surface area (Å²) in [5.41, 5.74) is 1.20. The molecule has 23 heavy (non-hydrogen) atoms. The van der Waals surface area contributed by atoms with Gasteiger partial charge in [-0.05, 0) is 37.1 Å². The van der Waals surface area contributed by atoms with E-state index in [1.807, 2.05) is 4.90 Å². The highest BCUT2D eigenvalue weighted by Crippen LogP contribution is 2.29. The van der Waals surface area contributed by atoms with Gasteiger partial charge in [-0.25, -0.2) is 0 Å². The molecule has 2 unspecified atom stereocenters. The molecule has 3 rings (SSSR count). The number of nitrogens with zero attached hydrogens (tertiary/aromatic N) is 1. The molecule has 1 saturated heterocycles. The fraction of sp³-hybridized carbons (Fsp3) is 0.444. The number of ether oxygens (including phenoxy) is 1. The van der Waals surface area contributed by atoms with E-state index in [-0.39, 0.29) is 24.0 Å². The SMILES string of the molecule is C=CC(=O)Nc1cccc(C(=O)N2CCOC3CCCCC32)c1. The highest BCUT2D eigenvalue weighted by Gasteiger charge is 2.36. The zero-order chi connectivity index (χ0) is 16.2. The van der Waals surface area contributed by atoms with E-state index in [4.69, 9.17) is 4.74 Å². The molecule has 0 aromatic heterocycles. The van der Waals surface area contributed by atoms with Gasteiger partial charge in [-0.2, -0.15) is 0 Å². The number of carbonyl (C=O) groups excluding carboxylic acids is 2. The van der Waals surface area contributed by atoms with Gasteiger partial charge in [0.15, 0.2) is 0 Å². The molecule has 2 atom stereocenters. The average molecular weight is 314 g/mol. The first kappa shape index (κ1) is 15.7. The zero-order valence-electron chi connectivity index (χ0n) is 13.2. The van der Waals surface area contributed by atoms with Crippen molar-refractivity contribution in [3.63, 3.8) is 0 Å². The quantitative estimate of drug-likeness (QED) is 0.873. The van der Waals surface area contributed by atoms with Gasteiger partial charge in [-0.15, -0.1) is 0 Å². The number of anilines is 1. The van der Waals surface area contributed by atoms with Crippen molar-refractivity contribution in [2.24, 2.45) is 0 Å². The Kier molecular flexibility index (Phi) is 4.76. The third kappa shape index (κ3) is 3.45. The Hall–Kier alpha value is -2.14. The Morgan fingerprint density at radius 2 is 2.13 bits per heavy atom. The van der Waals surface area contributed by atoms with Crippen molar-refractivity contribution in [2.75, 3.05) is 18.5 Å². The summed E-state index contributed by atoms with van der Waals surface area (Å²) in [6, 6.07) is 7.23. The summed E-state index contributed by atoms with van der Waals surface area (Å²) >= 11 is 0. The summed E-state index contributed by atoms with van der Waals surface area (Å²) in [5.74, 6) is -0.270. The topological polar surface area (TPSA) is 58.6 Å². The van der Waals surface area contributed by atoms with Crippen molar-refractivity contribution in [1.29, 1.82) is 0 Å². The molecule has 0 spiro atoms. The number of morpholine rings is 1. The Balaban J connectivity index is 1.77. The number of carbonyl (C=O) groups is 2. The van der Waals surface area contributed by atoms with Gasteiger partial charge < -0.3 is 15.0 Å². The van der Waals surface area contributed by atoms with Crippen LogP contribution in [0.5, 0.6) is 0 Å². The summed E-state index contributed by atoms with van der Waals surface area (Å²) in [5, 5.41) is 2.69. The first-order chi connectivity index (χ1) is 11.2. The van der Waals surface area contributed by atoms with E-state index in [0.717, 1.165) is 19.3 Å². The van der Waals surface area contributed by atoms with Crippen molar-refractivity contribution < 1.29 is 14.3 Å². The Bertz CT molecular complexity index is 612. The van der Waals surface area contributed by atoms with E-state index >= 15 is 0 Å². The van der Waals surface area contributed by atoms with Gasteiger partial charge >= 0.3 is 0 Å². The number of fused-ring (bicyclic) bond motifs is 1. The van der Waals surface area contributed by atoms with Crippen molar-refractivity contribution in [3.8, 4) is 0 Å². The highest BCUT2D eigenvalue weighted by molar-refractivity contribution is 6.00. The second kappa shape index (κ2) is 6.96. The van der Waals surface area contributed by atoms with E-state index in [1.54, 1.807) is 24.3 Å². The van der Waals surface area contributed by atoms with Gasteiger partial charge in [-0.3, -0.25) is 9.59 Å². The van der Waals surface area contributed by atoms with Gasteiger partial charge in [0.2, 0.25) is 5.91 Å². The minimum Gasteiger partial charge on any atom is -0.374 e. The Morgan fingerprint density at radius 3 is 2.96 bits per heavy atom. The number of hydrogen-bond acceptors (Lipinski definition) is 3. The molecule has 2 amide bonds. The first-order valence-corrected chi connectivity index (χ1v) is 8.15. The van der Waals surface area contributed by atoms with Crippen molar-refractivity contribution >= 4 is 17.5 Å². The molecule has 1 aromatic carbocycles. The van der Waals surface area contributed by atoms with Crippen LogP contribution in [-0.4, -0.2) is 42.0 Å². The lowest BCUT2D eigenvalue weighted by molar-refractivity contribution is -0.111. The Labute approximate surface area is 136 Å². The van der Waals surface area contributed by atoms with Crippen molar-refractivity contribution in [1.82, 2.24) is 4.90 Å². The number of benzene rings is 1. The molecule has 2 aliphatic rings. The zero-order valence-corrected chi connectivity index (χ0v) is 13.2. The fourth-order valence-corrected chi connectivity index (χ4v) is 3.44. The van der Waals surface area contributed by atoms with Gasteiger partial charge in [0.1, 0.15) is 0 Å². The molecule has 5 heteroatoms. The van der Waals surface area contributed by atoms with Crippen LogP contribution in [0.3, 0.4) is 0 Å². The van der Waals surface area contributed by atoms with Crippen molar-refractivity contribution in [2.45, 2.75) is 37.8 Å². The molecule has 1 aliphatic heterocycles. The second-order valence-corrected chi connectivity index (χ2v) is 6.03. The summed E-state index contributed by atoms with van der Waals surface area (Å²) in [4.78, 5) is 26.3. The van der Waals surface area contributed by atoms with Crippen molar-refractivity contribution in [3.05, 3.63) is 42.5 Å². The fourth-order valence-electron chi connectivity index (χ4n) is 3.44. The molecule has 1 heterocycles. The number of rotatable bonds is 3. The third-order valence-corrected chi connectivity index (χ3v) is 4.56.